The van der Waals surface area contributed by atoms with Gasteiger partial charge in [0.1, 0.15) is 11.4 Å². The van der Waals surface area contributed by atoms with Crippen LogP contribution in [0.3, 0.4) is 0 Å². The number of nitrogens with zero attached hydrogens (tertiary/aromatic N) is 4. The first-order chi connectivity index (χ1) is 12.0. The summed E-state index contributed by atoms with van der Waals surface area (Å²) in [5, 5.41) is 16.9. The predicted molar refractivity (Wildman–Crippen MR) is 93.5 cm³/mol. The van der Waals surface area contributed by atoms with Gasteiger partial charge in [-0.3, -0.25) is 4.79 Å². The number of carbonyl (C=O) groups excluding carboxylic acids is 1. The lowest BCUT2D eigenvalue weighted by atomic mass is 10.1. The molecule has 0 fully saturated rings. The van der Waals surface area contributed by atoms with Crippen LogP contribution in [0.2, 0.25) is 0 Å². The van der Waals surface area contributed by atoms with Crippen LogP contribution in [-0.2, 0) is 7.05 Å². The van der Waals surface area contributed by atoms with Crippen molar-refractivity contribution in [2.24, 2.45) is 7.05 Å². The lowest BCUT2D eigenvalue weighted by molar-refractivity contribution is 0.101. The number of aromatic amines is 1. The van der Waals surface area contributed by atoms with Crippen LogP contribution < -0.4 is 10.1 Å². The summed E-state index contributed by atoms with van der Waals surface area (Å²) in [7, 11) is 1.84. The Hall–Kier alpha value is -3.16. The van der Waals surface area contributed by atoms with Crippen molar-refractivity contribution in [1.29, 1.82) is 0 Å². The average Bonchev–Trinajstić information content (AvgIpc) is 3.19. The molecule has 2 heterocycles. The molecule has 0 aliphatic rings. The van der Waals surface area contributed by atoms with Gasteiger partial charge >= 0.3 is 0 Å². The van der Waals surface area contributed by atoms with Gasteiger partial charge in [-0.15, -0.1) is 10.2 Å². The topological polar surface area (TPSA) is 97.7 Å². The van der Waals surface area contributed by atoms with Gasteiger partial charge in [-0.25, -0.2) is 0 Å². The Morgan fingerprint density at radius 1 is 1.32 bits per heavy atom. The minimum absolute atomic E-state index is 0.0246. The maximum absolute atomic E-state index is 12.7. The van der Waals surface area contributed by atoms with Crippen molar-refractivity contribution < 1.29 is 9.53 Å². The Bertz CT molecular complexity index is 863. The summed E-state index contributed by atoms with van der Waals surface area (Å²) in [5.74, 6) is 0.827. The fraction of sp³-hybridized carbons (Fsp3) is 0.294. The van der Waals surface area contributed by atoms with Crippen LogP contribution in [0.5, 0.6) is 5.75 Å². The number of aryl methyl sites for hydroxylation is 2. The van der Waals surface area contributed by atoms with Crippen molar-refractivity contribution in [3.05, 3.63) is 41.7 Å². The number of anilines is 1. The van der Waals surface area contributed by atoms with Crippen LogP contribution in [-0.4, -0.2) is 37.2 Å². The van der Waals surface area contributed by atoms with Crippen LogP contribution in [0.15, 0.2) is 30.5 Å². The van der Waals surface area contributed by atoms with Crippen molar-refractivity contribution in [3.8, 4) is 17.1 Å². The highest BCUT2D eigenvalue weighted by molar-refractivity contribution is 6.05. The van der Waals surface area contributed by atoms with E-state index in [-0.39, 0.29) is 12.0 Å². The molecular formula is C17H20N6O2. The van der Waals surface area contributed by atoms with E-state index in [0.717, 1.165) is 11.1 Å². The Labute approximate surface area is 145 Å². The van der Waals surface area contributed by atoms with Gasteiger partial charge in [-0.1, -0.05) is 0 Å². The Morgan fingerprint density at radius 2 is 2.12 bits per heavy atom. The Morgan fingerprint density at radius 3 is 2.72 bits per heavy atom. The molecule has 0 saturated carbocycles. The molecule has 130 valence electrons. The standard InChI is InChI=1S/C17H20N6O2/c1-10(2)25-14-6-5-12(16-19-21-22-20-16)9-13(14)18-17(24)15-11(3)7-8-23(15)4/h5-10H,1-4H3,(H,18,24)(H,19,20,21,22). The maximum atomic E-state index is 12.7. The third-order valence-electron chi connectivity index (χ3n) is 3.68. The maximum Gasteiger partial charge on any atom is 0.272 e. The number of tetrazole rings is 1. The highest BCUT2D eigenvalue weighted by atomic mass is 16.5. The normalized spacial score (nSPS) is 10.9. The minimum atomic E-state index is -0.205. The van der Waals surface area contributed by atoms with Gasteiger partial charge in [-0.05, 0) is 55.8 Å². The molecule has 8 nitrogen and oxygen atoms in total. The molecule has 0 saturated heterocycles. The average molecular weight is 340 g/mol. The molecule has 0 atom stereocenters. The van der Waals surface area contributed by atoms with E-state index in [0.29, 0.717) is 23.0 Å². The molecular weight excluding hydrogens is 320 g/mol. The van der Waals surface area contributed by atoms with E-state index in [2.05, 4.69) is 25.9 Å². The van der Waals surface area contributed by atoms with Crippen molar-refractivity contribution >= 4 is 11.6 Å². The van der Waals surface area contributed by atoms with Gasteiger partial charge in [-0.2, -0.15) is 5.21 Å². The number of benzene rings is 1. The van der Waals surface area contributed by atoms with E-state index in [9.17, 15) is 4.79 Å². The summed E-state index contributed by atoms with van der Waals surface area (Å²) in [6.07, 6.45) is 1.83. The first-order valence-electron chi connectivity index (χ1n) is 7.93. The van der Waals surface area contributed by atoms with E-state index in [1.807, 2.05) is 46.1 Å². The zero-order valence-electron chi connectivity index (χ0n) is 14.6. The molecule has 8 heteroatoms. The molecule has 0 unspecified atom stereocenters. The third-order valence-corrected chi connectivity index (χ3v) is 3.68. The van der Waals surface area contributed by atoms with Gasteiger partial charge in [0.15, 0.2) is 0 Å². The van der Waals surface area contributed by atoms with Crippen molar-refractivity contribution in [2.45, 2.75) is 26.9 Å². The lowest BCUT2D eigenvalue weighted by Gasteiger charge is -2.16. The molecule has 3 rings (SSSR count). The summed E-state index contributed by atoms with van der Waals surface area (Å²) in [5.41, 5.74) is 2.78. The van der Waals surface area contributed by atoms with Gasteiger partial charge < -0.3 is 14.6 Å². The Balaban J connectivity index is 1.97. The van der Waals surface area contributed by atoms with Crippen LogP contribution in [0.1, 0.15) is 29.9 Å². The van der Waals surface area contributed by atoms with Gasteiger partial charge in [0.25, 0.3) is 5.91 Å². The number of hydrogen-bond acceptors (Lipinski definition) is 5. The fourth-order valence-electron chi connectivity index (χ4n) is 2.58. The molecule has 1 amide bonds. The predicted octanol–water partition coefficient (Wildman–Crippen LogP) is 2.55. The molecule has 0 aliphatic heterocycles. The molecule has 0 aliphatic carbocycles. The number of nitrogens with one attached hydrogen (secondary N) is 2. The van der Waals surface area contributed by atoms with Crippen molar-refractivity contribution in [1.82, 2.24) is 25.2 Å². The van der Waals surface area contributed by atoms with Crippen LogP contribution in [0.4, 0.5) is 5.69 Å². The van der Waals surface area contributed by atoms with E-state index < -0.39 is 0 Å². The largest absolute Gasteiger partial charge is 0.489 e. The monoisotopic (exact) mass is 340 g/mol. The number of amides is 1. The van der Waals surface area contributed by atoms with E-state index in [1.54, 1.807) is 16.7 Å². The van der Waals surface area contributed by atoms with Gasteiger partial charge in [0.05, 0.1) is 11.8 Å². The number of H-pyrrole nitrogens is 1. The van der Waals surface area contributed by atoms with Crippen molar-refractivity contribution in [2.75, 3.05) is 5.32 Å². The number of carbonyl (C=O) groups is 1. The second kappa shape index (κ2) is 6.76. The van der Waals surface area contributed by atoms with Gasteiger partial charge in [0, 0.05) is 18.8 Å². The zero-order chi connectivity index (χ0) is 18.0. The quantitative estimate of drug-likeness (QED) is 0.744. The molecule has 0 radical (unpaired) electrons. The molecule has 3 aromatic rings. The number of rotatable bonds is 5. The summed E-state index contributed by atoms with van der Waals surface area (Å²) in [6.45, 7) is 5.76. The molecule has 1 aromatic carbocycles. The van der Waals surface area contributed by atoms with Crippen LogP contribution >= 0.6 is 0 Å². The number of aromatic nitrogens is 5. The fourth-order valence-corrected chi connectivity index (χ4v) is 2.58. The smallest absolute Gasteiger partial charge is 0.272 e. The lowest BCUT2D eigenvalue weighted by Crippen LogP contribution is -2.18. The van der Waals surface area contributed by atoms with E-state index >= 15 is 0 Å². The minimum Gasteiger partial charge on any atom is -0.489 e. The third kappa shape index (κ3) is 3.52. The van der Waals surface area contributed by atoms with Crippen LogP contribution in [0, 0.1) is 6.92 Å². The highest BCUT2D eigenvalue weighted by Gasteiger charge is 2.17. The van der Waals surface area contributed by atoms with Crippen LogP contribution in [0.25, 0.3) is 11.4 Å². The molecule has 2 N–H and O–H groups in total. The number of hydrogen-bond donors (Lipinski definition) is 2. The molecule has 0 spiro atoms. The molecule has 2 aromatic heterocycles. The van der Waals surface area contributed by atoms with E-state index in [4.69, 9.17) is 4.74 Å². The number of ether oxygens (including phenoxy) is 1. The summed E-state index contributed by atoms with van der Waals surface area (Å²) < 4.78 is 7.60. The van der Waals surface area contributed by atoms with Gasteiger partial charge in [0.2, 0.25) is 5.82 Å². The summed E-state index contributed by atoms with van der Waals surface area (Å²) in [4.78, 5) is 12.7. The highest BCUT2D eigenvalue weighted by Crippen LogP contribution is 2.30. The van der Waals surface area contributed by atoms with E-state index in [1.165, 1.54) is 0 Å². The second-order valence-electron chi connectivity index (χ2n) is 6.03. The second-order valence-corrected chi connectivity index (χ2v) is 6.03. The molecule has 0 bridgehead atoms. The first-order valence-corrected chi connectivity index (χ1v) is 7.93. The van der Waals surface area contributed by atoms with Crippen molar-refractivity contribution in [3.63, 3.8) is 0 Å². The zero-order valence-corrected chi connectivity index (χ0v) is 14.6. The Kier molecular flexibility index (Phi) is 4.51. The first kappa shape index (κ1) is 16.7. The summed E-state index contributed by atoms with van der Waals surface area (Å²) >= 11 is 0. The SMILES string of the molecule is Cc1ccn(C)c1C(=O)Nc1cc(-c2nn[nH]n2)ccc1OC(C)C. The molecule has 25 heavy (non-hydrogen) atoms. The summed E-state index contributed by atoms with van der Waals surface area (Å²) in [6, 6.07) is 7.29.